The highest BCUT2D eigenvalue weighted by molar-refractivity contribution is 5.92. The van der Waals surface area contributed by atoms with Crippen LogP contribution in [0, 0.1) is 5.92 Å². The van der Waals surface area contributed by atoms with Gasteiger partial charge < -0.3 is 9.47 Å². The Hall–Kier alpha value is -1.32. The third-order valence-corrected chi connectivity index (χ3v) is 2.98. The molecule has 0 radical (unpaired) electrons. The number of carbonyl (C=O) groups excluding carboxylic acids is 1. The first-order valence-electron chi connectivity index (χ1n) is 5.44. The van der Waals surface area contributed by atoms with Crippen molar-refractivity contribution in [2.75, 3.05) is 13.1 Å². The van der Waals surface area contributed by atoms with Crippen LogP contribution in [0.4, 0.5) is 0 Å². The summed E-state index contributed by atoms with van der Waals surface area (Å²) in [5.41, 5.74) is 0.684. The maximum absolute atomic E-state index is 12.1. The second kappa shape index (κ2) is 4.04. The molecule has 1 saturated heterocycles. The van der Waals surface area contributed by atoms with Crippen LogP contribution in [0.5, 0.6) is 0 Å². The van der Waals surface area contributed by atoms with Gasteiger partial charge in [-0.25, -0.2) is 4.98 Å². The Kier molecular flexibility index (Phi) is 2.75. The molecule has 1 atom stereocenters. The van der Waals surface area contributed by atoms with Crippen molar-refractivity contribution in [2.45, 2.75) is 19.8 Å². The first-order chi connectivity index (χ1) is 7.18. The minimum Gasteiger partial charge on any atom is -0.337 e. The third kappa shape index (κ3) is 2.03. The van der Waals surface area contributed by atoms with Gasteiger partial charge in [-0.05, 0) is 18.8 Å². The van der Waals surface area contributed by atoms with Gasteiger partial charge in [0, 0.05) is 20.1 Å². The highest BCUT2D eigenvalue weighted by Gasteiger charge is 2.23. The summed E-state index contributed by atoms with van der Waals surface area (Å²) < 4.78 is 1.78. The van der Waals surface area contributed by atoms with E-state index in [1.54, 1.807) is 17.1 Å². The van der Waals surface area contributed by atoms with Crippen LogP contribution in [0.1, 0.15) is 30.3 Å². The van der Waals surface area contributed by atoms with Crippen LogP contribution in [0.15, 0.2) is 12.5 Å². The van der Waals surface area contributed by atoms with Crippen molar-refractivity contribution >= 4 is 5.91 Å². The number of nitrogens with zero attached hydrogens (tertiary/aromatic N) is 3. The molecule has 4 nitrogen and oxygen atoms in total. The normalized spacial score (nSPS) is 21.7. The van der Waals surface area contributed by atoms with Gasteiger partial charge in [-0.2, -0.15) is 0 Å². The predicted molar refractivity (Wildman–Crippen MR) is 57.5 cm³/mol. The predicted octanol–water partition coefficient (Wildman–Crippen LogP) is 1.29. The van der Waals surface area contributed by atoms with Crippen LogP contribution in [0.25, 0.3) is 0 Å². The highest BCUT2D eigenvalue weighted by Crippen LogP contribution is 2.17. The molecule has 0 spiro atoms. The molecule has 1 amide bonds. The van der Waals surface area contributed by atoms with Gasteiger partial charge in [-0.1, -0.05) is 6.92 Å². The Morgan fingerprint density at radius 1 is 1.60 bits per heavy atom. The lowest BCUT2D eigenvalue weighted by Gasteiger charge is -2.30. The topological polar surface area (TPSA) is 38.1 Å². The summed E-state index contributed by atoms with van der Waals surface area (Å²) in [6.45, 7) is 3.96. The maximum atomic E-state index is 12.1. The van der Waals surface area contributed by atoms with E-state index in [1.807, 2.05) is 11.9 Å². The van der Waals surface area contributed by atoms with Crippen molar-refractivity contribution in [2.24, 2.45) is 13.0 Å². The lowest BCUT2D eigenvalue weighted by molar-refractivity contribution is 0.0673. The van der Waals surface area contributed by atoms with Gasteiger partial charge in [0.25, 0.3) is 5.91 Å². The monoisotopic (exact) mass is 207 g/mol. The van der Waals surface area contributed by atoms with E-state index < -0.39 is 0 Å². The molecule has 0 N–H and O–H groups in total. The first kappa shape index (κ1) is 10.2. The molecule has 2 rings (SSSR count). The average molecular weight is 207 g/mol. The highest BCUT2D eigenvalue weighted by atomic mass is 16.2. The van der Waals surface area contributed by atoms with Gasteiger partial charge in [0.05, 0.1) is 12.5 Å². The fourth-order valence-electron chi connectivity index (χ4n) is 2.10. The van der Waals surface area contributed by atoms with Crippen molar-refractivity contribution in [3.05, 3.63) is 18.2 Å². The second-order valence-corrected chi connectivity index (χ2v) is 4.39. The Morgan fingerprint density at radius 3 is 3.00 bits per heavy atom. The second-order valence-electron chi connectivity index (χ2n) is 4.39. The zero-order valence-electron chi connectivity index (χ0n) is 9.31. The molecule has 1 aliphatic heterocycles. The molecule has 1 fully saturated rings. The summed E-state index contributed by atoms with van der Waals surface area (Å²) in [5, 5.41) is 0. The van der Waals surface area contributed by atoms with Gasteiger partial charge in [-0.15, -0.1) is 0 Å². The van der Waals surface area contributed by atoms with Crippen LogP contribution in [0.2, 0.25) is 0 Å². The van der Waals surface area contributed by atoms with Gasteiger partial charge in [0.15, 0.2) is 0 Å². The van der Waals surface area contributed by atoms with Crippen molar-refractivity contribution in [3.63, 3.8) is 0 Å². The zero-order chi connectivity index (χ0) is 10.8. The minimum absolute atomic E-state index is 0.113. The molecule has 0 bridgehead atoms. The summed E-state index contributed by atoms with van der Waals surface area (Å²) in [6.07, 6.45) is 5.65. The molecule has 15 heavy (non-hydrogen) atoms. The lowest BCUT2D eigenvalue weighted by atomic mass is 10.0. The molecule has 0 aromatic carbocycles. The van der Waals surface area contributed by atoms with Gasteiger partial charge >= 0.3 is 0 Å². The van der Waals surface area contributed by atoms with E-state index in [4.69, 9.17) is 0 Å². The quantitative estimate of drug-likeness (QED) is 0.696. The lowest BCUT2D eigenvalue weighted by Crippen LogP contribution is -2.39. The number of piperidine rings is 1. The smallest absolute Gasteiger partial charge is 0.272 e. The molecular weight excluding hydrogens is 190 g/mol. The third-order valence-electron chi connectivity index (χ3n) is 2.98. The molecule has 2 heterocycles. The number of amides is 1. The first-order valence-corrected chi connectivity index (χ1v) is 5.44. The van der Waals surface area contributed by atoms with E-state index >= 15 is 0 Å². The van der Waals surface area contributed by atoms with Gasteiger partial charge in [-0.3, -0.25) is 4.79 Å². The summed E-state index contributed by atoms with van der Waals surface area (Å²) in [4.78, 5) is 18.0. The van der Waals surface area contributed by atoms with E-state index in [1.165, 1.54) is 6.42 Å². The number of hydrogen-bond donors (Lipinski definition) is 0. The SMILES string of the molecule is CC1CCCN(C(=O)c2cncn2C)C1. The Labute approximate surface area is 89.9 Å². The molecule has 0 aliphatic carbocycles. The standard InChI is InChI=1S/C11H17N3O/c1-9-4-3-5-14(7-9)11(15)10-6-12-8-13(10)2/h6,8-9H,3-5,7H2,1-2H3. The number of carbonyl (C=O) groups is 1. The average Bonchev–Trinajstić information content (AvgIpc) is 2.63. The number of hydrogen-bond acceptors (Lipinski definition) is 2. The molecular formula is C11H17N3O. The van der Waals surface area contributed by atoms with E-state index in [2.05, 4.69) is 11.9 Å². The van der Waals surface area contributed by atoms with Crippen LogP contribution in [-0.4, -0.2) is 33.4 Å². The van der Waals surface area contributed by atoms with Crippen LogP contribution < -0.4 is 0 Å². The molecule has 1 aromatic heterocycles. The fourth-order valence-corrected chi connectivity index (χ4v) is 2.10. The number of imidazole rings is 1. The van der Waals surface area contributed by atoms with E-state index in [0.29, 0.717) is 11.6 Å². The molecule has 1 aliphatic rings. The molecule has 1 aromatic rings. The maximum Gasteiger partial charge on any atom is 0.272 e. The van der Waals surface area contributed by atoms with Crippen LogP contribution in [0.3, 0.4) is 0 Å². The number of likely N-dealkylation sites (tertiary alicyclic amines) is 1. The fraction of sp³-hybridized carbons (Fsp3) is 0.636. The van der Waals surface area contributed by atoms with Crippen molar-refractivity contribution in [1.29, 1.82) is 0 Å². The van der Waals surface area contributed by atoms with Crippen molar-refractivity contribution in [3.8, 4) is 0 Å². The number of aryl methyl sites for hydroxylation is 1. The van der Waals surface area contributed by atoms with E-state index in [-0.39, 0.29) is 5.91 Å². The molecule has 1 unspecified atom stereocenters. The summed E-state index contributed by atoms with van der Waals surface area (Å²) in [5.74, 6) is 0.734. The summed E-state index contributed by atoms with van der Waals surface area (Å²) >= 11 is 0. The van der Waals surface area contributed by atoms with Crippen molar-refractivity contribution in [1.82, 2.24) is 14.5 Å². The van der Waals surface area contributed by atoms with Gasteiger partial charge in [0.1, 0.15) is 5.69 Å². The molecule has 82 valence electrons. The summed E-state index contributed by atoms with van der Waals surface area (Å²) in [7, 11) is 1.85. The Morgan fingerprint density at radius 2 is 2.40 bits per heavy atom. The van der Waals surface area contributed by atoms with Crippen molar-refractivity contribution < 1.29 is 4.79 Å². The van der Waals surface area contributed by atoms with E-state index in [0.717, 1.165) is 19.5 Å². The summed E-state index contributed by atoms with van der Waals surface area (Å²) in [6, 6.07) is 0. The zero-order valence-corrected chi connectivity index (χ0v) is 9.31. The Bertz CT molecular complexity index is 358. The Balaban J connectivity index is 2.11. The van der Waals surface area contributed by atoms with Crippen LogP contribution >= 0.6 is 0 Å². The molecule has 4 heteroatoms. The van der Waals surface area contributed by atoms with Crippen LogP contribution in [-0.2, 0) is 7.05 Å². The number of aromatic nitrogens is 2. The number of rotatable bonds is 1. The minimum atomic E-state index is 0.113. The largest absolute Gasteiger partial charge is 0.337 e. The van der Waals surface area contributed by atoms with E-state index in [9.17, 15) is 4.79 Å². The molecule has 0 saturated carbocycles. The van der Waals surface area contributed by atoms with Gasteiger partial charge in [0.2, 0.25) is 0 Å².